The maximum Gasteiger partial charge on any atom is 0.160 e. The van der Waals surface area contributed by atoms with Gasteiger partial charge in [0.25, 0.3) is 0 Å². The number of nitrogens with zero attached hydrogens (tertiary/aromatic N) is 2. The molecule has 3 heterocycles. The van der Waals surface area contributed by atoms with Crippen LogP contribution in [-0.4, -0.2) is 9.13 Å². The maximum atomic E-state index is 7.00. The average molecular weight is 665 g/mol. The molecule has 0 N–H and O–H groups in total. The summed E-state index contributed by atoms with van der Waals surface area (Å²) in [6.45, 7) is 6.28. The Bertz CT molecular complexity index is 3280. The lowest BCUT2D eigenvalue weighted by Crippen LogP contribution is -1.99. The SMILES string of the molecule is C=Cc1oc2c(c1/C=C\C)c1c3ccccc3c3ccccc3c1c1c3ccccc3n(-c3cccc(-n4c5ccccc5c5ccccc54)c3)c21. The molecule has 3 aromatic heterocycles. The van der Waals surface area contributed by atoms with Gasteiger partial charge in [0.05, 0.1) is 22.1 Å². The number of benzene rings is 8. The highest BCUT2D eigenvalue weighted by molar-refractivity contribution is 6.43. The molecule has 244 valence electrons. The standard InChI is InChI=1S/C49H32N2O/c1-3-16-39-43(4-2)52-49-47(39)45-37-24-8-6-20-33(37)32-19-5-7-23-36(32)44(45)46-38-25-11-14-28-42(38)51(48(46)49)31-18-15-17-30(29-31)50-40-26-12-9-21-34(40)35-22-10-13-27-41(35)50/h3-29H,2H2,1H3/b16-3-. The van der Waals surface area contributed by atoms with E-state index < -0.39 is 0 Å². The molecule has 0 saturated heterocycles. The number of allylic oxidation sites excluding steroid dienone is 1. The molecule has 0 spiro atoms. The van der Waals surface area contributed by atoms with E-state index in [1.165, 1.54) is 64.9 Å². The second-order valence-electron chi connectivity index (χ2n) is 13.6. The van der Waals surface area contributed by atoms with Gasteiger partial charge in [-0.2, -0.15) is 0 Å². The predicted octanol–water partition coefficient (Wildman–Crippen LogP) is 13.8. The Kier molecular flexibility index (Phi) is 6.03. The average Bonchev–Trinajstić information content (AvgIpc) is 3.86. The van der Waals surface area contributed by atoms with E-state index in [0.29, 0.717) is 0 Å². The predicted molar refractivity (Wildman–Crippen MR) is 222 cm³/mol. The van der Waals surface area contributed by atoms with Gasteiger partial charge in [0, 0.05) is 54.6 Å². The van der Waals surface area contributed by atoms with Gasteiger partial charge in [-0.25, -0.2) is 0 Å². The van der Waals surface area contributed by atoms with Gasteiger partial charge in [-0.15, -0.1) is 0 Å². The first-order valence-electron chi connectivity index (χ1n) is 17.9. The summed E-state index contributed by atoms with van der Waals surface area (Å²) in [4.78, 5) is 0. The van der Waals surface area contributed by atoms with Gasteiger partial charge in [-0.1, -0.05) is 128 Å². The molecule has 0 amide bonds. The second-order valence-corrected chi connectivity index (χ2v) is 13.6. The molecule has 0 radical (unpaired) electrons. The topological polar surface area (TPSA) is 23.0 Å². The number of para-hydroxylation sites is 3. The van der Waals surface area contributed by atoms with Gasteiger partial charge in [-0.3, -0.25) is 0 Å². The van der Waals surface area contributed by atoms with Gasteiger partial charge >= 0.3 is 0 Å². The lowest BCUT2D eigenvalue weighted by atomic mass is 9.88. The molecule has 3 heteroatoms. The summed E-state index contributed by atoms with van der Waals surface area (Å²) in [6, 6.07) is 52.8. The number of rotatable bonds is 4. The van der Waals surface area contributed by atoms with Crippen LogP contribution in [0.25, 0.3) is 110 Å². The van der Waals surface area contributed by atoms with Crippen LogP contribution in [0.4, 0.5) is 0 Å². The van der Waals surface area contributed by atoms with Gasteiger partial charge in [0.2, 0.25) is 0 Å². The summed E-state index contributed by atoms with van der Waals surface area (Å²) in [5.41, 5.74) is 8.66. The summed E-state index contributed by atoms with van der Waals surface area (Å²) in [5, 5.41) is 13.4. The first-order chi connectivity index (χ1) is 25.8. The Balaban J connectivity index is 1.37. The lowest BCUT2D eigenvalue weighted by Gasteiger charge is -2.15. The van der Waals surface area contributed by atoms with Crippen LogP contribution < -0.4 is 0 Å². The number of furan rings is 1. The van der Waals surface area contributed by atoms with Crippen molar-refractivity contribution in [2.75, 3.05) is 0 Å². The first-order valence-corrected chi connectivity index (χ1v) is 17.9. The smallest absolute Gasteiger partial charge is 0.160 e. The molecule has 11 aromatic rings. The summed E-state index contributed by atoms with van der Waals surface area (Å²) >= 11 is 0. The zero-order valence-corrected chi connectivity index (χ0v) is 28.6. The van der Waals surface area contributed by atoms with Crippen LogP contribution in [0.15, 0.2) is 163 Å². The van der Waals surface area contributed by atoms with E-state index in [-0.39, 0.29) is 0 Å². The molecule has 11 rings (SSSR count). The zero-order chi connectivity index (χ0) is 34.5. The normalized spacial score (nSPS) is 12.3. The molecule has 0 aliphatic carbocycles. The molecule has 0 aliphatic rings. The number of hydrogen-bond acceptors (Lipinski definition) is 1. The van der Waals surface area contributed by atoms with E-state index in [4.69, 9.17) is 4.42 Å². The molecule has 0 saturated carbocycles. The molecule has 52 heavy (non-hydrogen) atoms. The Morgan fingerprint density at radius 2 is 0.962 bits per heavy atom. The number of hydrogen-bond donors (Lipinski definition) is 0. The molecular weight excluding hydrogens is 633 g/mol. The summed E-state index contributed by atoms with van der Waals surface area (Å²) in [7, 11) is 0. The van der Waals surface area contributed by atoms with E-state index in [0.717, 1.165) is 44.7 Å². The molecule has 8 aromatic carbocycles. The fourth-order valence-corrected chi connectivity index (χ4v) is 8.97. The molecule has 0 atom stereocenters. The molecule has 0 fully saturated rings. The zero-order valence-electron chi connectivity index (χ0n) is 28.6. The highest BCUT2D eigenvalue weighted by atomic mass is 16.3. The van der Waals surface area contributed by atoms with Crippen LogP contribution in [0.3, 0.4) is 0 Å². The van der Waals surface area contributed by atoms with E-state index in [1.807, 2.05) is 6.08 Å². The number of aromatic nitrogens is 2. The van der Waals surface area contributed by atoms with Gasteiger partial charge in [0.15, 0.2) is 5.58 Å². The van der Waals surface area contributed by atoms with Crippen molar-refractivity contribution in [1.82, 2.24) is 9.13 Å². The van der Waals surface area contributed by atoms with Crippen LogP contribution in [0.1, 0.15) is 18.2 Å². The van der Waals surface area contributed by atoms with Crippen LogP contribution in [0, 0.1) is 0 Å². The van der Waals surface area contributed by atoms with Crippen LogP contribution in [-0.2, 0) is 0 Å². The summed E-state index contributed by atoms with van der Waals surface area (Å²) in [5.74, 6) is 0.773. The Morgan fingerprint density at radius 3 is 1.54 bits per heavy atom. The Labute approximate surface area is 299 Å². The van der Waals surface area contributed by atoms with Crippen LogP contribution in [0.5, 0.6) is 0 Å². The van der Waals surface area contributed by atoms with Crippen molar-refractivity contribution >= 4 is 99.1 Å². The third-order valence-electron chi connectivity index (χ3n) is 10.9. The highest BCUT2D eigenvalue weighted by Gasteiger charge is 2.27. The van der Waals surface area contributed by atoms with Crippen LogP contribution in [0.2, 0.25) is 0 Å². The number of fused-ring (bicyclic) bond motifs is 16. The van der Waals surface area contributed by atoms with Gasteiger partial charge in [-0.05, 0) is 70.9 Å². The minimum atomic E-state index is 0.773. The minimum absolute atomic E-state index is 0.773. The third kappa shape index (κ3) is 3.74. The Hall–Kier alpha value is -6.84. The van der Waals surface area contributed by atoms with E-state index in [9.17, 15) is 0 Å². The Morgan fingerprint density at radius 1 is 0.481 bits per heavy atom. The first kappa shape index (κ1) is 28.9. The quantitative estimate of drug-likeness (QED) is 0.172. The van der Waals surface area contributed by atoms with Crippen molar-refractivity contribution in [2.24, 2.45) is 0 Å². The van der Waals surface area contributed by atoms with Crippen molar-refractivity contribution in [1.29, 1.82) is 0 Å². The van der Waals surface area contributed by atoms with Crippen LogP contribution >= 0.6 is 0 Å². The lowest BCUT2D eigenvalue weighted by molar-refractivity contribution is 0.605. The fourth-order valence-electron chi connectivity index (χ4n) is 8.97. The minimum Gasteiger partial charge on any atom is -0.454 e. The van der Waals surface area contributed by atoms with Gasteiger partial charge < -0.3 is 13.6 Å². The molecule has 0 unspecified atom stereocenters. The second kappa shape index (κ2) is 10.8. The van der Waals surface area contributed by atoms with Crippen molar-refractivity contribution < 1.29 is 4.42 Å². The largest absolute Gasteiger partial charge is 0.454 e. The monoisotopic (exact) mass is 664 g/mol. The molecule has 0 bridgehead atoms. The van der Waals surface area contributed by atoms with E-state index in [2.05, 4.69) is 180 Å². The van der Waals surface area contributed by atoms with Crippen molar-refractivity contribution in [3.05, 3.63) is 170 Å². The van der Waals surface area contributed by atoms with Crippen molar-refractivity contribution in [3.63, 3.8) is 0 Å². The van der Waals surface area contributed by atoms with Crippen molar-refractivity contribution in [2.45, 2.75) is 6.92 Å². The molecule has 3 nitrogen and oxygen atoms in total. The molecule has 0 aliphatic heterocycles. The fraction of sp³-hybridized carbons (Fsp3) is 0.0204. The highest BCUT2D eigenvalue weighted by Crippen LogP contribution is 2.50. The summed E-state index contributed by atoms with van der Waals surface area (Å²) < 4.78 is 11.8. The third-order valence-corrected chi connectivity index (χ3v) is 10.9. The van der Waals surface area contributed by atoms with Gasteiger partial charge in [0.1, 0.15) is 5.76 Å². The summed E-state index contributed by atoms with van der Waals surface area (Å²) in [6.07, 6.45) is 6.13. The molecular formula is C49H32N2O. The maximum absolute atomic E-state index is 7.00. The van der Waals surface area contributed by atoms with E-state index in [1.54, 1.807) is 0 Å². The van der Waals surface area contributed by atoms with Crippen molar-refractivity contribution in [3.8, 4) is 11.4 Å². The van der Waals surface area contributed by atoms with E-state index >= 15 is 0 Å².